The molecule has 2 amide bonds. The van der Waals surface area contributed by atoms with Gasteiger partial charge < -0.3 is 20.7 Å². The molecule has 2 aromatic carbocycles. The van der Waals surface area contributed by atoms with Crippen LogP contribution in [0.15, 0.2) is 48.5 Å². The predicted molar refractivity (Wildman–Crippen MR) is 108 cm³/mol. The molecule has 0 aromatic heterocycles. The second-order valence-corrected chi connectivity index (χ2v) is 6.20. The van der Waals surface area contributed by atoms with E-state index in [1.54, 1.807) is 24.3 Å². The van der Waals surface area contributed by atoms with Crippen molar-refractivity contribution in [2.24, 2.45) is 0 Å². The van der Waals surface area contributed by atoms with E-state index < -0.39 is 0 Å². The Kier molecular flexibility index (Phi) is 7.67. The molecular formula is C21H27N3O3. The third-order valence-electron chi connectivity index (χ3n) is 3.99. The van der Waals surface area contributed by atoms with Crippen molar-refractivity contribution < 1.29 is 14.3 Å². The van der Waals surface area contributed by atoms with Crippen LogP contribution in [-0.2, 0) is 4.79 Å². The molecule has 27 heavy (non-hydrogen) atoms. The predicted octanol–water partition coefficient (Wildman–Crippen LogP) is 3.66. The minimum Gasteiger partial charge on any atom is -0.491 e. The minimum atomic E-state index is -0.166. The fourth-order valence-corrected chi connectivity index (χ4v) is 2.32. The molecule has 2 rings (SSSR count). The van der Waals surface area contributed by atoms with Gasteiger partial charge in [0.05, 0.1) is 12.6 Å². The van der Waals surface area contributed by atoms with Gasteiger partial charge in [-0.2, -0.15) is 0 Å². The van der Waals surface area contributed by atoms with E-state index in [0.717, 1.165) is 17.9 Å². The number of amides is 2. The van der Waals surface area contributed by atoms with Gasteiger partial charge in [-0.25, -0.2) is 0 Å². The highest BCUT2D eigenvalue weighted by Crippen LogP contribution is 2.17. The molecule has 6 heteroatoms. The van der Waals surface area contributed by atoms with Crippen molar-refractivity contribution in [2.45, 2.75) is 33.3 Å². The summed E-state index contributed by atoms with van der Waals surface area (Å²) in [5.41, 5.74) is 2.05. The van der Waals surface area contributed by atoms with Crippen molar-refractivity contribution >= 4 is 23.2 Å². The lowest BCUT2D eigenvalue weighted by Gasteiger charge is -2.13. The number of hydrogen-bond acceptors (Lipinski definition) is 4. The summed E-state index contributed by atoms with van der Waals surface area (Å²) in [5.74, 6) is 0.519. The summed E-state index contributed by atoms with van der Waals surface area (Å²) in [6.07, 6.45) is 1.12. The quantitative estimate of drug-likeness (QED) is 0.630. The van der Waals surface area contributed by atoms with Crippen LogP contribution in [0.25, 0.3) is 0 Å². The molecule has 0 aliphatic heterocycles. The van der Waals surface area contributed by atoms with Crippen molar-refractivity contribution in [3.63, 3.8) is 0 Å². The molecule has 1 atom stereocenters. The van der Waals surface area contributed by atoms with Crippen LogP contribution in [0.1, 0.15) is 37.6 Å². The lowest BCUT2D eigenvalue weighted by Crippen LogP contribution is -2.23. The van der Waals surface area contributed by atoms with E-state index in [1.807, 2.05) is 38.1 Å². The molecule has 0 heterocycles. The molecular weight excluding hydrogens is 342 g/mol. The number of hydrogen-bond donors (Lipinski definition) is 3. The Balaban J connectivity index is 1.81. The van der Waals surface area contributed by atoms with Gasteiger partial charge in [0.15, 0.2) is 0 Å². The smallest absolute Gasteiger partial charge is 0.251 e. The number of carbonyl (C=O) groups is 2. The van der Waals surface area contributed by atoms with Gasteiger partial charge in [-0.1, -0.05) is 6.92 Å². The molecule has 0 radical (unpaired) electrons. The third-order valence-corrected chi connectivity index (χ3v) is 3.99. The van der Waals surface area contributed by atoms with Crippen molar-refractivity contribution in [1.29, 1.82) is 0 Å². The highest BCUT2D eigenvalue weighted by molar-refractivity contribution is 5.96. The Labute approximate surface area is 160 Å². The van der Waals surface area contributed by atoms with E-state index >= 15 is 0 Å². The number of ether oxygens (including phenoxy) is 1. The Morgan fingerprint density at radius 2 is 1.59 bits per heavy atom. The van der Waals surface area contributed by atoms with Crippen LogP contribution in [-0.4, -0.2) is 31.0 Å². The van der Waals surface area contributed by atoms with E-state index in [9.17, 15) is 9.59 Å². The van der Waals surface area contributed by atoms with Gasteiger partial charge in [-0.15, -0.1) is 0 Å². The average Bonchev–Trinajstić information content (AvgIpc) is 2.68. The number of benzene rings is 2. The highest BCUT2D eigenvalue weighted by atomic mass is 16.5. The number of nitrogens with one attached hydrogen (secondary N) is 3. The van der Waals surface area contributed by atoms with Gasteiger partial charge in [0.25, 0.3) is 5.91 Å². The van der Waals surface area contributed by atoms with Crippen molar-refractivity contribution in [2.75, 3.05) is 23.7 Å². The van der Waals surface area contributed by atoms with Crippen LogP contribution in [0.3, 0.4) is 0 Å². The molecule has 0 aliphatic carbocycles. The van der Waals surface area contributed by atoms with Gasteiger partial charge in [-0.05, 0) is 68.8 Å². The van der Waals surface area contributed by atoms with Crippen LogP contribution in [0.5, 0.6) is 5.75 Å². The minimum absolute atomic E-state index is 0.127. The molecule has 0 aliphatic rings. The van der Waals surface area contributed by atoms with Crippen LogP contribution >= 0.6 is 0 Å². The standard InChI is InChI=1S/C21H27N3O3/c1-4-15(3)27-19-12-10-17(11-13-19)23-14-20(25)24-18-8-6-16(7-9-18)21(26)22-5-2/h6-13,15,23H,4-5,14H2,1-3H3,(H,22,26)(H,24,25). The molecule has 1 unspecified atom stereocenters. The summed E-state index contributed by atoms with van der Waals surface area (Å²) in [6, 6.07) is 14.3. The zero-order chi connectivity index (χ0) is 19.6. The Morgan fingerprint density at radius 3 is 2.19 bits per heavy atom. The normalized spacial score (nSPS) is 11.4. The largest absolute Gasteiger partial charge is 0.491 e. The van der Waals surface area contributed by atoms with Crippen molar-refractivity contribution in [3.05, 3.63) is 54.1 Å². The number of carbonyl (C=O) groups excluding carboxylic acids is 2. The number of rotatable bonds is 9. The second kappa shape index (κ2) is 10.2. The Morgan fingerprint density at radius 1 is 0.963 bits per heavy atom. The zero-order valence-electron chi connectivity index (χ0n) is 16.0. The summed E-state index contributed by atoms with van der Waals surface area (Å²) >= 11 is 0. The van der Waals surface area contributed by atoms with E-state index in [0.29, 0.717) is 17.8 Å². The Hall–Kier alpha value is -3.02. The monoisotopic (exact) mass is 369 g/mol. The maximum atomic E-state index is 12.1. The Bertz CT molecular complexity index is 742. The molecule has 0 saturated carbocycles. The average molecular weight is 369 g/mol. The molecule has 0 saturated heterocycles. The van der Waals surface area contributed by atoms with E-state index in [4.69, 9.17) is 4.74 Å². The van der Waals surface area contributed by atoms with Crippen molar-refractivity contribution in [1.82, 2.24) is 5.32 Å². The first kappa shape index (κ1) is 20.3. The zero-order valence-corrected chi connectivity index (χ0v) is 16.0. The van der Waals surface area contributed by atoms with Gasteiger partial charge in [0.2, 0.25) is 5.91 Å². The highest BCUT2D eigenvalue weighted by Gasteiger charge is 2.06. The molecule has 0 fully saturated rings. The summed E-state index contributed by atoms with van der Waals surface area (Å²) in [4.78, 5) is 23.8. The lowest BCUT2D eigenvalue weighted by atomic mass is 10.2. The fraction of sp³-hybridized carbons (Fsp3) is 0.333. The third kappa shape index (κ3) is 6.66. The summed E-state index contributed by atoms with van der Waals surface area (Å²) in [6.45, 7) is 6.69. The van der Waals surface area contributed by atoms with E-state index in [1.165, 1.54) is 0 Å². The van der Waals surface area contributed by atoms with Crippen molar-refractivity contribution in [3.8, 4) is 5.75 Å². The molecule has 2 aromatic rings. The SMILES string of the molecule is CCNC(=O)c1ccc(NC(=O)CNc2ccc(OC(C)CC)cc2)cc1. The topological polar surface area (TPSA) is 79.5 Å². The van der Waals surface area contributed by atoms with E-state index in [-0.39, 0.29) is 24.5 Å². The van der Waals surface area contributed by atoms with Gasteiger partial charge in [0, 0.05) is 23.5 Å². The first-order valence-corrected chi connectivity index (χ1v) is 9.20. The van der Waals surface area contributed by atoms with Crippen LogP contribution < -0.4 is 20.7 Å². The summed E-state index contributed by atoms with van der Waals surface area (Å²) in [5, 5.41) is 8.60. The maximum Gasteiger partial charge on any atom is 0.251 e. The van der Waals surface area contributed by atoms with Gasteiger partial charge in [0.1, 0.15) is 5.75 Å². The van der Waals surface area contributed by atoms with E-state index in [2.05, 4.69) is 22.9 Å². The maximum absolute atomic E-state index is 12.1. The lowest BCUT2D eigenvalue weighted by molar-refractivity contribution is -0.114. The van der Waals surface area contributed by atoms with Crippen LogP contribution in [0, 0.1) is 0 Å². The first-order valence-electron chi connectivity index (χ1n) is 9.20. The summed E-state index contributed by atoms with van der Waals surface area (Å²) < 4.78 is 5.73. The first-order chi connectivity index (χ1) is 13.0. The molecule has 144 valence electrons. The van der Waals surface area contributed by atoms with Gasteiger partial charge in [-0.3, -0.25) is 9.59 Å². The molecule has 0 spiro atoms. The molecule has 3 N–H and O–H groups in total. The molecule has 6 nitrogen and oxygen atoms in total. The second-order valence-electron chi connectivity index (χ2n) is 6.20. The molecule has 0 bridgehead atoms. The van der Waals surface area contributed by atoms with Crippen LogP contribution in [0.2, 0.25) is 0 Å². The summed E-state index contributed by atoms with van der Waals surface area (Å²) in [7, 11) is 0. The van der Waals surface area contributed by atoms with Crippen LogP contribution in [0.4, 0.5) is 11.4 Å². The fourth-order valence-electron chi connectivity index (χ4n) is 2.32. The van der Waals surface area contributed by atoms with Gasteiger partial charge >= 0.3 is 0 Å². The number of anilines is 2.